The first-order chi connectivity index (χ1) is 9.72. The summed E-state index contributed by atoms with van der Waals surface area (Å²) in [5.74, 6) is -0.148. The number of nitrogens with one attached hydrogen (secondary N) is 2. The number of piperazine rings is 1. The van der Waals surface area contributed by atoms with Gasteiger partial charge < -0.3 is 15.2 Å². The molecule has 1 fully saturated rings. The first kappa shape index (κ1) is 12.7. The molecule has 0 aliphatic carbocycles. The van der Waals surface area contributed by atoms with Gasteiger partial charge in [-0.05, 0) is 18.6 Å². The summed E-state index contributed by atoms with van der Waals surface area (Å²) >= 11 is 0. The first-order valence-corrected chi connectivity index (χ1v) is 6.87. The van der Waals surface area contributed by atoms with Crippen LogP contribution >= 0.6 is 0 Å². The molecule has 3 rings (SSSR count). The van der Waals surface area contributed by atoms with E-state index in [1.165, 1.54) is 0 Å². The van der Waals surface area contributed by atoms with Gasteiger partial charge in [0.25, 0.3) is 5.91 Å². The highest BCUT2D eigenvalue weighted by molar-refractivity contribution is 6.07. The summed E-state index contributed by atoms with van der Waals surface area (Å²) in [7, 11) is 0. The summed E-state index contributed by atoms with van der Waals surface area (Å²) in [6.45, 7) is 2.99. The van der Waals surface area contributed by atoms with E-state index >= 15 is 0 Å². The van der Waals surface area contributed by atoms with Crippen molar-refractivity contribution in [2.75, 3.05) is 13.1 Å². The number of benzene rings is 1. The minimum atomic E-state index is -0.374. The van der Waals surface area contributed by atoms with Gasteiger partial charge in [-0.15, -0.1) is 0 Å². The van der Waals surface area contributed by atoms with Crippen LogP contribution in [0.4, 0.5) is 0 Å². The van der Waals surface area contributed by atoms with Gasteiger partial charge in [-0.3, -0.25) is 9.59 Å². The number of H-pyrrole nitrogens is 1. The number of carbonyl (C=O) groups excluding carboxylic acids is 2. The molecule has 0 saturated carbocycles. The lowest BCUT2D eigenvalue weighted by molar-refractivity contribution is -0.127. The van der Waals surface area contributed by atoms with Gasteiger partial charge in [0.1, 0.15) is 6.04 Å². The third-order valence-corrected chi connectivity index (χ3v) is 3.80. The van der Waals surface area contributed by atoms with Crippen LogP contribution in [0.15, 0.2) is 30.5 Å². The van der Waals surface area contributed by atoms with Crippen LogP contribution in [-0.2, 0) is 4.79 Å². The van der Waals surface area contributed by atoms with Gasteiger partial charge in [-0.1, -0.05) is 19.1 Å². The molecule has 0 spiro atoms. The number of aromatic nitrogens is 1. The number of nitrogens with zero attached hydrogens (tertiary/aromatic N) is 1. The van der Waals surface area contributed by atoms with Gasteiger partial charge in [0.15, 0.2) is 0 Å². The Morgan fingerprint density at radius 3 is 3.05 bits per heavy atom. The molecule has 2 amide bonds. The van der Waals surface area contributed by atoms with Crippen molar-refractivity contribution in [3.05, 3.63) is 36.0 Å². The molecule has 20 heavy (non-hydrogen) atoms. The maximum Gasteiger partial charge on any atom is 0.256 e. The van der Waals surface area contributed by atoms with Gasteiger partial charge in [0.2, 0.25) is 5.91 Å². The van der Waals surface area contributed by atoms with E-state index in [1.54, 1.807) is 11.0 Å². The molecule has 2 aromatic rings. The Morgan fingerprint density at radius 2 is 2.25 bits per heavy atom. The Kier molecular flexibility index (Phi) is 3.18. The summed E-state index contributed by atoms with van der Waals surface area (Å²) in [6.07, 6.45) is 2.44. The van der Waals surface area contributed by atoms with Crippen molar-refractivity contribution in [1.29, 1.82) is 0 Å². The normalized spacial score (nSPS) is 19.1. The number of hydrogen-bond donors (Lipinski definition) is 2. The van der Waals surface area contributed by atoms with Crippen molar-refractivity contribution in [3.63, 3.8) is 0 Å². The smallest absolute Gasteiger partial charge is 0.256 e. The molecule has 1 aliphatic heterocycles. The number of rotatable bonds is 2. The standard InChI is InChI=1S/C15H17N3O2/c1-2-12-14(19)17-8-9-18(12)15(20)11-5-3-4-10-6-7-16-13(10)11/h3-7,12,16H,2,8-9H2,1H3,(H,17,19)/t12-/m1/s1. The Bertz CT molecular complexity index is 662. The Balaban J connectivity index is 1.99. The van der Waals surface area contributed by atoms with Crippen LogP contribution < -0.4 is 5.32 Å². The van der Waals surface area contributed by atoms with Crippen molar-refractivity contribution in [2.45, 2.75) is 19.4 Å². The Morgan fingerprint density at radius 1 is 1.40 bits per heavy atom. The number of para-hydroxylation sites is 1. The number of hydrogen-bond acceptors (Lipinski definition) is 2. The molecule has 2 heterocycles. The molecule has 1 aromatic heterocycles. The third kappa shape index (κ3) is 1.95. The van der Waals surface area contributed by atoms with E-state index in [9.17, 15) is 9.59 Å². The van der Waals surface area contributed by atoms with Crippen molar-refractivity contribution >= 4 is 22.7 Å². The van der Waals surface area contributed by atoms with Gasteiger partial charge in [0, 0.05) is 24.7 Å². The second kappa shape index (κ2) is 5.00. The lowest BCUT2D eigenvalue weighted by Gasteiger charge is -2.34. The summed E-state index contributed by atoms with van der Waals surface area (Å²) in [5, 5.41) is 3.82. The minimum absolute atomic E-state index is 0.0641. The molecular weight excluding hydrogens is 254 g/mol. The Labute approximate surface area is 117 Å². The fourth-order valence-electron chi connectivity index (χ4n) is 2.78. The number of aromatic amines is 1. The van der Waals surface area contributed by atoms with E-state index in [1.807, 2.05) is 31.3 Å². The molecule has 1 aliphatic rings. The van der Waals surface area contributed by atoms with Crippen LogP contribution in [0.25, 0.3) is 10.9 Å². The molecule has 0 unspecified atom stereocenters. The van der Waals surface area contributed by atoms with Crippen molar-refractivity contribution in [3.8, 4) is 0 Å². The van der Waals surface area contributed by atoms with E-state index in [0.29, 0.717) is 25.1 Å². The highest BCUT2D eigenvalue weighted by Crippen LogP contribution is 2.21. The molecule has 5 heteroatoms. The van der Waals surface area contributed by atoms with E-state index in [4.69, 9.17) is 0 Å². The molecule has 1 aromatic carbocycles. The first-order valence-electron chi connectivity index (χ1n) is 6.87. The average Bonchev–Trinajstić information content (AvgIpc) is 2.94. The quantitative estimate of drug-likeness (QED) is 0.869. The molecule has 0 radical (unpaired) electrons. The zero-order valence-corrected chi connectivity index (χ0v) is 11.3. The second-order valence-electron chi connectivity index (χ2n) is 4.96. The third-order valence-electron chi connectivity index (χ3n) is 3.80. The Hall–Kier alpha value is -2.30. The number of amides is 2. The summed E-state index contributed by atoms with van der Waals surface area (Å²) < 4.78 is 0. The minimum Gasteiger partial charge on any atom is -0.361 e. The molecule has 1 saturated heterocycles. The second-order valence-corrected chi connectivity index (χ2v) is 4.96. The number of carbonyl (C=O) groups is 2. The fourth-order valence-corrected chi connectivity index (χ4v) is 2.78. The lowest BCUT2D eigenvalue weighted by atomic mass is 10.1. The summed E-state index contributed by atoms with van der Waals surface area (Å²) in [4.78, 5) is 29.4. The predicted octanol–water partition coefficient (Wildman–Crippen LogP) is 1.52. The van der Waals surface area contributed by atoms with Gasteiger partial charge in [-0.25, -0.2) is 0 Å². The van der Waals surface area contributed by atoms with Crippen molar-refractivity contribution < 1.29 is 9.59 Å². The molecule has 2 N–H and O–H groups in total. The van der Waals surface area contributed by atoms with Crippen molar-refractivity contribution in [2.24, 2.45) is 0 Å². The maximum absolute atomic E-state index is 12.8. The largest absolute Gasteiger partial charge is 0.361 e. The van der Waals surface area contributed by atoms with Crippen LogP contribution in [0.3, 0.4) is 0 Å². The van der Waals surface area contributed by atoms with Gasteiger partial charge in [-0.2, -0.15) is 0 Å². The van der Waals surface area contributed by atoms with Crippen LogP contribution in [-0.4, -0.2) is 40.8 Å². The van der Waals surface area contributed by atoms with Crippen molar-refractivity contribution in [1.82, 2.24) is 15.2 Å². The zero-order valence-electron chi connectivity index (χ0n) is 11.3. The van der Waals surface area contributed by atoms with Gasteiger partial charge >= 0.3 is 0 Å². The molecule has 5 nitrogen and oxygen atoms in total. The SMILES string of the molecule is CC[C@@H]1C(=O)NCCN1C(=O)c1cccc2cc[nH]c12. The van der Waals surface area contributed by atoms with E-state index in [0.717, 1.165) is 10.9 Å². The fraction of sp³-hybridized carbons (Fsp3) is 0.333. The highest BCUT2D eigenvalue weighted by atomic mass is 16.2. The van der Waals surface area contributed by atoms with Gasteiger partial charge in [0.05, 0.1) is 11.1 Å². The molecule has 104 valence electrons. The lowest BCUT2D eigenvalue weighted by Crippen LogP contribution is -2.56. The van der Waals surface area contributed by atoms with Crippen LogP contribution in [0.5, 0.6) is 0 Å². The van der Waals surface area contributed by atoms with E-state index in [2.05, 4.69) is 10.3 Å². The van der Waals surface area contributed by atoms with Crippen LogP contribution in [0, 0.1) is 0 Å². The van der Waals surface area contributed by atoms with E-state index < -0.39 is 0 Å². The maximum atomic E-state index is 12.8. The van der Waals surface area contributed by atoms with Crippen LogP contribution in [0.2, 0.25) is 0 Å². The molecule has 0 bridgehead atoms. The predicted molar refractivity (Wildman–Crippen MR) is 76.4 cm³/mol. The average molecular weight is 271 g/mol. The zero-order chi connectivity index (χ0) is 14.1. The summed E-state index contributed by atoms with van der Waals surface area (Å²) in [6, 6.07) is 7.20. The molecule has 1 atom stereocenters. The monoisotopic (exact) mass is 271 g/mol. The molecular formula is C15H17N3O2. The topological polar surface area (TPSA) is 65.2 Å². The summed E-state index contributed by atoms with van der Waals surface area (Å²) in [5.41, 5.74) is 1.46. The van der Waals surface area contributed by atoms with Crippen LogP contribution in [0.1, 0.15) is 23.7 Å². The highest BCUT2D eigenvalue weighted by Gasteiger charge is 2.32. The van der Waals surface area contributed by atoms with E-state index in [-0.39, 0.29) is 17.9 Å². The number of fused-ring (bicyclic) bond motifs is 1.